The van der Waals surface area contributed by atoms with Crippen LogP contribution in [0.1, 0.15) is 40.2 Å². The van der Waals surface area contributed by atoms with Gasteiger partial charge in [0.15, 0.2) is 11.7 Å². The molecule has 0 saturated heterocycles. The van der Waals surface area contributed by atoms with Crippen LogP contribution in [0.15, 0.2) is 58.4 Å². The van der Waals surface area contributed by atoms with Crippen LogP contribution in [0.2, 0.25) is 0 Å². The third-order valence-corrected chi connectivity index (χ3v) is 7.75. The number of benzene rings is 1. The molecule has 0 aliphatic heterocycles. The van der Waals surface area contributed by atoms with Crippen molar-refractivity contribution in [2.75, 3.05) is 25.5 Å². The van der Waals surface area contributed by atoms with Gasteiger partial charge in [0.1, 0.15) is 28.5 Å². The Morgan fingerprint density at radius 3 is 2.37 bits per heavy atom. The number of allylic oxidation sites excluding steroid dienone is 1. The number of sulfonamides is 1. The van der Waals surface area contributed by atoms with Gasteiger partial charge in [0, 0.05) is 24.2 Å². The molecule has 14 heteroatoms. The molecule has 2 heterocycles. The molecule has 0 amide bonds. The van der Waals surface area contributed by atoms with Crippen LogP contribution in [-0.2, 0) is 14.8 Å². The van der Waals surface area contributed by atoms with Gasteiger partial charge in [-0.05, 0) is 72.0 Å². The molecule has 2 aromatic heterocycles. The number of ether oxygens (including phenoxy) is 3. The molecule has 3 aromatic rings. The van der Waals surface area contributed by atoms with E-state index in [1.807, 2.05) is 26.8 Å². The number of anilines is 1. The monoisotopic (exact) mass is 613 g/mol. The lowest BCUT2D eigenvalue weighted by Crippen LogP contribution is -2.44. The summed E-state index contributed by atoms with van der Waals surface area (Å²) in [5, 5.41) is 17.6. The van der Waals surface area contributed by atoms with E-state index in [-0.39, 0.29) is 24.2 Å². The van der Waals surface area contributed by atoms with Crippen molar-refractivity contribution in [2.45, 2.75) is 58.5 Å². The topological polar surface area (TPSA) is 162 Å². The van der Waals surface area contributed by atoms with Crippen molar-refractivity contribution in [3.63, 3.8) is 0 Å². The zero-order chi connectivity index (χ0) is 31.9. The first-order valence-corrected chi connectivity index (χ1v) is 14.9. The Morgan fingerprint density at radius 2 is 1.84 bits per heavy atom. The predicted octanol–water partition coefficient (Wildman–Crippen LogP) is 3.96. The van der Waals surface area contributed by atoms with Crippen molar-refractivity contribution in [1.29, 1.82) is 0 Å². The lowest BCUT2D eigenvalue weighted by molar-refractivity contribution is -0.0345. The van der Waals surface area contributed by atoms with Crippen LogP contribution in [0.4, 0.5) is 5.95 Å². The lowest BCUT2D eigenvalue weighted by atomic mass is 10.1. The van der Waals surface area contributed by atoms with E-state index in [1.54, 1.807) is 44.4 Å². The number of amidine groups is 1. The maximum Gasteiger partial charge on any atom is 0.243 e. The zero-order valence-corrected chi connectivity index (χ0v) is 26.5. The molecule has 0 radical (unpaired) electrons. The summed E-state index contributed by atoms with van der Waals surface area (Å²) in [4.78, 5) is 12.5. The van der Waals surface area contributed by atoms with Crippen LogP contribution in [-0.4, -0.2) is 83.6 Å². The second-order valence-electron chi connectivity index (χ2n) is 10.7. The molecule has 43 heavy (non-hydrogen) atoms. The van der Waals surface area contributed by atoms with Crippen molar-refractivity contribution < 1.29 is 27.7 Å². The lowest BCUT2D eigenvalue weighted by Gasteiger charge is -2.27. The van der Waals surface area contributed by atoms with E-state index in [9.17, 15) is 13.5 Å². The molecule has 0 spiro atoms. The molecule has 0 saturated carbocycles. The molecule has 0 unspecified atom stereocenters. The van der Waals surface area contributed by atoms with Crippen molar-refractivity contribution in [3.05, 3.63) is 54.0 Å². The van der Waals surface area contributed by atoms with E-state index >= 15 is 0 Å². The second kappa shape index (κ2) is 13.9. The molecule has 3 rings (SSSR count). The SMILES string of the molecule is C=N/C(=N\C=C(C)C)[C@H](OCC(C)(C)O)[C@@H](C)S(=O)(=O)Nc1nnc(-c2cncc(C)c2)n1-c1c(OC)cccc1OC. The Hall–Kier alpha value is -4.14. The Kier molecular flexibility index (Phi) is 10.8. The highest BCUT2D eigenvalue weighted by Crippen LogP contribution is 2.38. The van der Waals surface area contributed by atoms with Gasteiger partial charge in [-0.1, -0.05) is 11.6 Å². The smallest absolute Gasteiger partial charge is 0.243 e. The van der Waals surface area contributed by atoms with Gasteiger partial charge in [0.2, 0.25) is 16.0 Å². The average Bonchev–Trinajstić information content (AvgIpc) is 3.35. The quantitative estimate of drug-likeness (QED) is 0.215. The molecule has 232 valence electrons. The Labute approximate surface area is 252 Å². The minimum Gasteiger partial charge on any atom is -0.494 e. The maximum absolute atomic E-state index is 14.0. The first-order valence-electron chi connectivity index (χ1n) is 13.3. The molecular formula is C29H39N7O6S. The summed E-state index contributed by atoms with van der Waals surface area (Å²) in [6, 6.07) is 7.00. The number of aliphatic hydroxyl groups is 1. The molecule has 0 fully saturated rings. The first kappa shape index (κ1) is 33.4. The Balaban J connectivity index is 2.19. The molecule has 0 bridgehead atoms. The van der Waals surface area contributed by atoms with Crippen LogP contribution in [0, 0.1) is 6.92 Å². The fraction of sp³-hybridized carbons (Fsp3) is 0.414. The van der Waals surface area contributed by atoms with Crippen molar-refractivity contribution in [1.82, 2.24) is 19.7 Å². The van der Waals surface area contributed by atoms with Gasteiger partial charge in [0.05, 0.1) is 26.4 Å². The number of aryl methyl sites for hydroxylation is 1. The summed E-state index contributed by atoms with van der Waals surface area (Å²) in [6.45, 7) is 13.4. The van der Waals surface area contributed by atoms with Crippen molar-refractivity contribution in [3.8, 4) is 28.6 Å². The normalized spacial score (nSPS) is 13.7. The van der Waals surface area contributed by atoms with E-state index in [0.29, 0.717) is 22.7 Å². The largest absolute Gasteiger partial charge is 0.494 e. The first-order chi connectivity index (χ1) is 20.2. The summed E-state index contributed by atoms with van der Waals surface area (Å²) in [5.41, 5.74) is 1.41. The summed E-state index contributed by atoms with van der Waals surface area (Å²) < 4.78 is 49.2. The summed E-state index contributed by atoms with van der Waals surface area (Å²) in [5.74, 6) is 0.947. The highest BCUT2D eigenvalue weighted by Gasteiger charge is 2.37. The van der Waals surface area contributed by atoms with Crippen LogP contribution >= 0.6 is 0 Å². The third-order valence-electron chi connectivity index (χ3n) is 6.06. The highest BCUT2D eigenvalue weighted by atomic mass is 32.2. The van der Waals surface area contributed by atoms with E-state index in [4.69, 9.17) is 14.2 Å². The van der Waals surface area contributed by atoms with Crippen molar-refractivity contribution in [2.24, 2.45) is 9.98 Å². The van der Waals surface area contributed by atoms with Gasteiger partial charge in [-0.2, -0.15) is 0 Å². The number of nitrogens with one attached hydrogen (secondary N) is 1. The van der Waals surface area contributed by atoms with Gasteiger partial charge in [0.25, 0.3) is 0 Å². The Bertz CT molecular complexity index is 1580. The number of rotatable bonds is 13. The van der Waals surface area contributed by atoms with Gasteiger partial charge in [-0.3, -0.25) is 14.3 Å². The van der Waals surface area contributed by atoms with Crippen LogP contribution in [0.3, 0.4) is 0 Å². The standard InChI is InChI=1S/C29H39N7O6S/c1-18(2)14-32-26(30-7)25(42-17-29(5,6)37)20(4)43(38,39)35-28-34-33-27(21-13-19(3)15-31-16-21)36(28)24-22(40-8)11-10-12-23(24)41-9/h10-16,20,25,37H,7,17H2,1-6,8-9H3,(H,34,35)/b32-26-/t20-,25-/m1/s1. The van der Waals surface area contributed by atoms with E-state index in [2.05, 4.69) is 36.6 Å². The zero-order valence-electron chi connectivity index (χ0n) is 25.7. The van der Waals surface area contributed by atoms with Crippen LogP contribution < -0.4 is 14.2 Å². The van der Waals surface area contributed by atoms with E-state index < -0.39 is 27.0 Å². The van der Waals surface area contributed by atoms with Gasteiger partial charge in [-0.15, -0.1) is 10.2 Å². The number of pyridine rings is 1. The number of methoxy groups -OCH3 is 2. The molecule has 0 aliphatic carbocycles. The number of nitrogens with zero attached hydrogens (tertiary/aromatic N) is 6. The summed E-state index contributed by atoms with van der Waals surface area (Å²) in [6.07, 6.45) is 3.62. The summed E-state index contributed by atoms with van der Waals surface area (Å²) in [7, 11) is -1.31. The number of aromatic nitrogens is 4. The van der Waals surface area contributed by atoms with Gasteiger partial charge < -0.3 is 19.3 Å². The fourth-order valence-corrected chi connectivity index (χ4v) is 5.07. The number of aliphatic imine (C=N–C) groups is 2. The minimum absolute atomic E-state index is 0.0303. The maximum atomic E-state index is 14.0. The molecule has 13 nitrogen and oxygen atoms in total. The van der Waals surface area contributed by atoms with Crippen molar-refractivity contribution >= 4 is 28.5 Å². The fourth-order valence-electron chi connectivity index (χ4n) is 3.97. The highest BCUT2D eigenvalue weighted by molar-refractivity contribution is 7.93. The average molecular weight is 614 g/mol. The number of para-hydroxylation sites is 1. The molecule has 0 aliphatic rings. The van der Waals surface area contributed by atoms with E-state index in [0.717, 1.165) is 11.1 Å². The number of hydrogen-bond acceptors (Lipinski definition) is 10. The minimum atomic E-state index is -4.29. The van der Waals surface area contributed by atoms with Gasteiger partial charge in [-0.25, -0.2) is 18.4 Å². The summed E-state index contributed by atoms with van der Waals surface area (Å²) >= 11 is 0. The second-order valence-corrected chi connectivity index (χ2v) is 12.7. The van der Waals surface area contributed by atoms with E-state index in [1.165, 1.54) is 31.9 Å². The Morgan fingerprint density at radius 1 is 1.19 bits per heavy atom. The van der Waals surface area contributed by atoms with Crippen LogP contribution in [0.25, 0.3) is 17.1 Å². The molecule has 2 N–H and O–H groups in total. The number of hydrogen-bond donors (Lipinski definition) is 2. The molecule has 2 atom stereocenters. The predicted molar refractivity (Wildman–Crippen MR) is 167 cm³/mol. The molecular weight excluding hydrogens is 574 g/mol. The van der Waals surface area contributed by atoms with Crippen LogP contribution in [0.5, 0.6) is 11.5 Å². The van der Waals surface area contributed by atoms with Gasteiger partial charge >= 0.3 is 0 Å². The third kappa shape index (κ3) is 8.24. The molecule has 1 aromatic carbocycles.